The molecule has 0 saturated heterocycles. The van der Waals surface area contributed by atoms with Gasteiger partial charge in [-0.25, -0.2) is 19.9 Å². The molecule has 7 heteroatoms. The number of nitrogens with zero attached hydrogens (tertiary/aromatic N) is 6. The Bertz CT molecular complexity index is 5000. The van der Waals surface area contributed by atoms with Gasteiger partial charge < -0.3 is 0 Å². The van der Waals surface area contributed by atoms with Crippen molar-refractivity contribution in [2.24, 2.45) is 0 Å². The van der Waals surface area contributed by atoms with E-state index in [-0.39, 0.29) is 0 Å². The third-order valence-electron chi connectivity index (χ3n) is 15.1. The predicted molar refractivity (Wildman–Crippen MR) is 313 cm³/mol. The summed E-state index contributed by atoms with van der Waals surface area (Å²) in [7, 11) is 0. The molecule has 0 aliphatic carbocycles. The molecular weight excluding hydrogens is 933 g/mol. The molecule has 0 saturated carbocycles. The normalized spacial score (nSPS) is 12.0. The van der Waals surface area contributed by atoms with Crippen LogP contribution in [0.3, 0.4) is 0 Å². The van der Waals surface area contributed by atoms with Crippen LogP contribution in [-0.4, -0.2) is 29.1 Å². The third-order valence-corrected chi connectivity index (χ3v) is 16.3. The summed E-state index contributed by atoms with van der Waals surface area (Å²) in [5.41, 5.74) is 13.4. The van der Waals surface area contributed by atoms with Crippen molar-refractivity contribution in [1.82, 2.24) is 29.1 Å². The van der Waals surface area contributed by atoms with Crippen LogP contribution in [0.25, 0.3) is 153 Å². The molecule has 16 rings (SSSR count). The lowest BCUT2D eigenvalue weighted by Crippen LogP contribution is -2.04. The highest BCUT2D eigenvalue weighted by Gasteiger charge is 2.24. The van der Waals surface area contributed by atoms with E-state index in [1.807, 2.05) is 0 Å². The molecule has 6 nitrogen and oxygen atoms in total. The van der Waals surface area contributed by atoms with E-state index in [9.17, 15) is 0 Å². The second-order valence-electron chi connectivity index (χ2n) is 19.3. The minimum atomic E-state index is 0.636. The lowest BCUT2D eigenvalue weighted by atomic mass is 9.98. The summed E-state index contributed by atoms with van der Waals surface area (Å²) in [6, 6.07) is 86.8. The second kappa shape index (κ2) is 16.3. The van der Waals surface area contributed by atoms with E-state index in [2.05, 4.69) is 252 Å². The first-order valence-corrected chi connectivity index (χ1v) is 26.1. The number of benzene rings is 11. The Morgan fingerprint density at radius 1 is 0.307 bits per heavy atom. The van der Waals surface area contributed by atoms with Crippen molar-refractivity contribution in [2.75, 3.05) is 0 Å². The van der Waals surface area contributed by atoms with Crippen molar-refractivity contribution < 1.29 is 0 Å². The Balaban J connectivity index is 0.932. The van der Waals surface area contributed by atoms with Crippen molar-refractivity contribution in [3.63, 3.8) is 0 Å². The van der Waals surface area contributed by atoms with E-state index in [4.69, 9.17) is 19.9 Å². The van der Waals surface area contributed by atoms with Crippen molar-refractivity contribution in [2.45, 2.75) is 0 Å². The van der Waals surface area contributed by atoms with Crippen LogP contribution in [0.15, 0.2) is 243 Å². The largest absolute Gasteiger partial charge is 0.278 e. The maximum atomic E-state index is 5.53. The number of thiophene rings is 1. The topological polar surface area (TPSA) is 61.4 Å². The average Bonchev–Trinajstić information content (AvgIpc) is 4.24. The minimum absolute atomic E-state index is 0.636. The van der Waals surface area contributed by atoms with Gasteiger partial charge in [0.2, 0.25) is 11.9 Å². The highest BCUT2D eigenvalue weighted by molar-refractivity contribution is 7.22. The predicted octanol–water partition coefficient (Wildman–Crippen LogP) is 18.0. The quantitative estimate of drug-likeness (QED) is 0.156. The highest BCUT2D eigenvalue weighted by Crippen LogP contribution is 2.44. The van der Waals surface area contributed by atoms with Crippen LogP contribution in [0, 0.1) is 0 Å². The van der Waals surface area contributed by atoms with Crippen molar-refractivity contribution in [1.29, 1.82) is 0 Å². The molecule has 0 unspecified atom stereocenters. The zero-order chi connectivity index (χ0) is 49.1. The van der Waals surface area contributed by atoms with Gasteiger partial charge in [-0.2, -0.15) is 0 Å². The summed E-state index contributed by atoms with van der Waals surface area (Å²) >= 11 is 1.75. The van der Waals surface area contributed by atoms with Crippen LogP contribution in [0.4, 0.5) is 0 Å². The highest BCUT2D eigenvalue weighted by atomic mass is 32.1. The summed E-state index contributed by atoms with van der Waals surface area (Å²) in [6.07, 6.45) is 0. The fourth-order valence-electron chi connectivity index (χ4n) is 11.7. The number of aromatic nitrogens is 6. The van der Waals surface area contributed by atoms with Gasteiger partial charge in [0, 0.05) is 53.7 Å². The lowest BCUT2D eigenvalue weighted by Gasteiger charge is -2.13. The first-order chi connectivity index (χ1) is 37.2. The van der Waals surface area contributed by atoms with E-state index >= 15 is 0 Å². The Kier molecular flexibility index (Phi) is 9.10. The first-order valence-electron chi connectivity index (χ1n) is 25.3. The molecule has 0 atom stereocenters. The smallest absolute Gasteiger partial charge is 0.235 e. The lowest BCUT2D eigenvalue weighted by molar-refractivity contribution is 1.02. The van der Waals surface area contributed by atoms with Crippen LogP contribution in [-0.2, 0) is 0 Å². The number of rotatable bonds is 6. The number of hydrogen-bond acceptors (Lipinski definition) is 5. The van der Waals surface area contributed by atoms with E-state index in [0.29, 0.717) is 11.9 Å². The van der Waals surface area contributed by atoms with Gasteiger partial charge in [-0.1, -0.05) is 200 Å². The summed E-state index contributed by atoms with van der Waals surface area (Å²) in [5, 5.41) is 12.5. The summed E-state index contributed by atoms with van der Waals surface area (Å²) in [5.74, 6) is 1.28. The van der Waals surface area contributed by atoms with E-state index in [1.54, 1.807) is 11.3 Å². The summed E-state index contributed by atoms with van der Waals surface area (Å²) in [4.78, 5) is 23.1. The SMILES string of the molecule is c1ccc(-c2cc3nc(-n4c5ccc(-c6ccc7c(c6)c6c8ccccc8ccc6n7-c6nc(-c7ccccc7)c7ccc8ccccc8c7n6)cc5c5ccc6ccccc6c54)nc(-c4ccccc4)c3s2)cc1. The van der Waals surface area contributed by atoms with Gasteiger partial charge in [0.25, 0.3) is 0 Å². The standard InChI is InChI=1S/C68H40N6S/c1-4-19-44(20-5-1)60-40-56-66(75-60)63(46-23-8-3-9-24-46)71-67(69-56)74-57-35-31-47(38-54(57)52-33-28-43-18-12-15-27-51(43)65(52)74)48-32-36-58-55(39-48)61-49-25-13-10-16-41(49)30-37-59(61)73(58)68-70-62(45-21-6-2-7-22-45)53-34-29-42-17-11-14-26-50(42)64(53)72-68/h1-40H. The Labute approximate surface area is 433 Å². The van der Waals surface area contributed by atoms with Crippen LogP contribution < -0.4 is 0 Å². The molecule has 16 aromatic rings. The summed E-state index contributed by atoms with van der Waals surface area (Å²) < 4.78 is 5.63. The monoisotopic (exact) mass is 972 g/mol. The van der Waals surface area contributed by atoms with Crippen LogP contribution in [0.1, 0.15) is 0 Å². The van der Waals surface area contributed by atoms with Crippen molar-refractivity contribution in [3.05, 3.63) is 243 Å². The fourth-order valence-corrected chi connectivity index (χ4v) is 12.8. The third kappa shape index (κ3) is 6.45. The molecule has 5 heterocycles. The van der Waals surface area contributed by atoms with E-state index in [1.165, 1.54) is 21.7 Å². The van der Waals surface area contributed by atoms with E-state index < -0.39 is 0 Å². The van der Waals surface area contributed by atoms with Crippen LogP contribution in [0.2, 0.25) is 0 Å². The van der Waals surface area contributed by atoms with Crippen molar-refractivity contribution in [3.8, 4) is 56.0 Å². The molecule has 75 heavy (non-hydrogen) atoms. The molecular formula is C68H40N6S. The molecule has 0 amide bonds. The van der Waals surface area contributed by atoms with Gasteiger partial charge in [-0.15, -0.1) is 11.3 Å². The second-order valence-corrected chi connectivity index (χ2v) is 20.4. The maximum absolute atomic E-state index is 5.53. The molecule has 0 N–H and O–H groups in total. The zero-order valence-corrected chi connectivity index (χ0v) is 41.0. The molecule has 0 aliphatic rings. The van der Waals surface area contributed by atoms with Crippen LogP contribution >= 0.6 is 11.3 Å². The molecule has 0 radical (unpaired) electrons. The van der Waals surface area contributed by atoms with Gasteiger partial charge >= 0.3 is 0 Å². The Morgan fingerprint density at radius 3 is 1.55 bits per heavy atom. The zero-order valence-electron chi connectivity index (χ0n) is 40.2. The molecule has 11 aromatic carbocycles. The number of hydrogen-bond donors (Lipinski definition) is 0. The van der Waals surface area contributed by atoms with Gasteiger partial charge in [-0.3, -0.25) is 9.13 Å². The molecule has 0 aliphatic heterocycles. The minimum Gasteiger partial charge on any atom is -0.278 e. The van der Waals surface area contributed by atoms with Gasteiger partial charge in [0.1, 0.15) is 0 Å². The number of fused-ring (bicyclic) bond motifs is 14. The van der Waals surface area contributed by atoms with Gasteiger partial charge in [-0.05, 0) is 80.7 Å². The summed E-state index contributed by atoms with van der Waals surface area (Å²) in [6.45, 7) is 0. The average molecular weight is 973 g/mol. The molecule has 0 bridgehead atoms. The van der Waals surface area contributed by atoms with Crippen LogP contribution in [0.5, 0.6) is 0 Å². The van der Waals surface area contributed by atoms with Crippen molar-refractivity contribution >= 4 is 108 Å². The Hall–Kier alpha value is -9.82. The molecule has 348 valence electrons. The Morgan fingerprint density at radius 2 is 0.827 bits per heavy atom. The maximum Gasteiger partial charge on any atom is 0.235 e. The van der Waals surface area contributed by atoms with Gasteiger partial charge in [0.05, 0.1) is 49.2 Å². The molecule has 0 fully saturated rings. The molecule has 5 aromatic heterocycles. The fraction of sp³-hybridized carbons (Fsp3) is 0. The molecule has 0 spiro atoms. The first kappa shape index (κ1) is 41.8. The van der Waals surface area contributed by atoms with E-state index in [0.717, 1.165) is 119 Å². The van der Waals surface area contributed by atoms with Gasteiger partial charge in [0.15, 0.2) is 0 Å².